The minimum atomic E-state index is -0.150. The molecule has 2 amide bonds. The summed E-state index contributed by atoms with van der Waals surface area (Å²) in [5.74, 6) is 0.254. The van der Waals surface area contributed by atoms with Gasteiger partial charge >= 0.3 is 0 Å². The third-order valence-electron chi connectivity index (χ3n) is 3.35. The maximum Gasteiger partial charge on any atom is 0.252 e. The molecule has 0 aromatic carbocycles. The van der Waals surface area contributed by atoms with E-state index < -0.39 is 0 Å². The Morgan fingerprint density at radius 1 is 1.36 bits per heavy atom. The molecule has 0 spiro atoms. The fourth-order valence-electron chi connectivity index (χ4n) is 1.97. The van der Waals surface area contributed by atoms with Crippen molar-refractivity contribution in [2.45, 2.75) is 40.0 Å². The number of hydrogen-bond donors (Lipinski definition) is 0. The molecule has 0 radical (unpaired) electrons. The molecule has 0 fully saturated rings. The summed E-state index contributed by atoms with van der Waals surface area (Å²) < 4.78 is 0. The molecule has 6 nitrogen and oxygen atoms in total. The normalized spacial score (nSPS) is 13.3. The van der Waals surface area contributed by atoms with Crippen molar-refractivity contribution in [2.75, 3.05) is 20.6 Å². The lowest BCUT2D eigenvalue weighted by atomic mass is 10.1. The highest BCUT2D eigenvalue weighted by Gasteiger charge is 2.17. The van der Waals surface area contributed by atoms with Crippen LogP contribution in [0, 0.1) is 17.2 Å². The molecular weight excluding hydrogens is 280 g/mol. The molecule has 0 N–H and O–H groups in total. The Hall–Kier alpha value is -2.16. The summed E-state index contributed by atoms with van der Waals surface area (Å²) in [6, 6.07) is 2.20. The zero-order valence-electron chi connectivity index (χ0n) is 14.2. The topological polar surface area (TPSA) is 76.8 Å². The third-order valence-corrected chi connectivity index (χ3v) is 3.35. The van der Waals surface area contributed by atoms with E-state index in [2.05, 4.69) is 11.1 Å². The maximum absolute atomic E-state index is 12.4. The van der Waals surface area contributed by atoms with E-state index in [9.17, 15) is 9.59 Å². The van der Waals surface area contributed by atoms with Crippen molar-refractivity contribution in [1.29, 1.82) is 5.26 Å². The summed E-state index contributed by atoms with van der Waals surface area (Å²) in [6.07, 6.45) is 4.77. The number of amides is 2. The molecule has 0 rings (SSSR count). The van der Waals surface area contributed by atoms with Crippen molar-refractivity contribution in [1.82, 2.24) is 9.80 Å². The first kappa shape index (κ1) is 19.8. The number of nitriles is 1. The van der Waals surface area contributed by atoms with E-state index in [1.54, 1.807) is 39.1 Å². The lowest BCUT2D eigenvalue weighted by molar-refractivity contribution is -0.126. The van der Waals surface area contributed by atoms with Crippen LogP contribution in [-0.2, 0) is 9.59 Å². The number of carbonyl (C=O) groups is 2. The van der Waals surface area contributed by atoms with Gasteiger partial charge in [0.2, 0.25) is 6.41 Å². The van der Waals surface area contributed by atoms with E-state index in [4.69, 9.17) is 5.26 Å². The van der Waals surface area contributed by atoms with Gasteiger partial charge in [-0.05, 0) is 33.6 Å². The first-order valence-corrected chi connectivity index (χ1v) is 7.41. The van der Waals surface area contributed by atoms with Gasteiger partial charge in [0, 0.05) is 32.8 Å². The summed E-state index contributed by atoms with van der Waals surface area (Å²) >= 11 is 0. The van der Waals surface area contributed by atoms with Crippen LogP contribution in [0.4, 0.5) is 0 Å². The second-order valence-corrected chi connectivity index (χ2v) is 5.30. The van der Waals surface area contributed by atoms with Crippen molar-refractivity contribution in [3.8, 4) is 6.07 Å². The minimum absolute atomic E-state index is 0.0503. The highest BCUT2D eigenvalue weighted by molar-refractivity contribution is 5.93. The van der Waals surface area contributed by atoms with Gasteiger partial charge in [-0.1, -0.05) is 6.42 Å². The van der Waals surface area contributed by atoms with Crippen LogP contribution in [0.1, 0.15) is 40.0 Å². The molecule has 0 aliphatic rings. The molecule has 22 heavy (non-hydrogen) atoms. The molecule has 0 saturated carbocycles. The summed E-state index contributed by atoms with van der Waals surface area (Å²) in [5, 5.41) is 8.72. The summed E-state index contributed by atoms with van der Waals surface area (Å²) in [6.45, 7) is 5.91. The van der Waals surface area contributed by atoms with Gasteiger partial charge < -0.3 is 9.80 Å². The number of nitrogens with zero attached hydrogens (tertiary/aromatic N) is 4. The van der Waals surface area contributed by atoms with Crippen LogP contribution >= 0.6 is 0 Å². The van der Waals surface area contributed by atoms with Gasteiger partial charge in [0.1, 0.15) is 5.82 Å². The summed E-state index contributed by atoms with van der Waals surface area (Å²) in [4.78, 5) is 30.3. The van der Waals surface area contributed by atoms with Gasteiger partial charge in [-0.2, -0.15) is 5.26 Å². The fraction of sp³-hybridized carbons (Fsp3) is 0.625. The van der Waals surface area contributed by atoms with Gasteiger partial charge in [-0.3, -0.25) is 9.59 Å². The predicted octanol–water partition coefficient (Wildman–Crippen LogP) is 2.19. The smallest absolute Gasteiger partial charge is 0.252 e. The van der Waals surface area contributed by atoms with Crippen LogP contribution in [-0.4, -0.2) is 49.0 Å². The lowest BCUT2D eigenvalue weighted by Gasteiger charge is -2.20. The van der Waals surface area contributed by atoms with Crippen LogP contribution < -0.4 is 0 Å². The molecule has 1 unspecified atom stereocenters. The average molecular weight is 306 g/mol. The van der Waals surface area contributed by atoms with E-state index in [0.717, 1.165) is 19.3 Å². The molecule has 0 heterocycles. The summed E-state index contributed by atoms with van der Waals surface area (Å²) in [7, 11) is 3.29. The lowest BCUT2D eigenvalue weighted by Crippen LogP contribution is -2.30. The predicted molar refractivity (Wildman–Crippen MR) is 87.0 cm³/mol. The number of likely N-dealkylation sites (N-methyl/N-ethyl adjacent to an activating group) is 1. The van der Waals surface area contributed by atoms with Gasteiger partial charge in [-0.15, -0.1) is 0 Å². The molecule has 122 valence electrons. The molecule has 0 saturated heterocycles. The van der Waals surface area contributed by atoms with Gasteiger partial charge in [0.15, 0.2) is 0 Å². The second-order valence-electron chi connectivity index (χ2n) is 5.30. The Morgan fingerprint density at radius 3 is 2.50 bits per heavy atom. The van der Waals surface area contributed by atoms with Crippen molar-refractivity contribution in [3.63, 3.8) is 0 Å². The highest BCUT2D eigenvalue weighted by atomic mass is 16.2. The molecule has 0 aliphatic heterocycles. The Labute approximate surface area is 133 Å². The number of carbonyl (C=O) groups excluding carboxylic acids is 2. The highest BCUT2D eigenvalue weighted by Crippen LogP contribution is 2.12. The van der Waals surface area contributed by atoms with Crippen LogP contribution in [0.5, 0.6) is 0 Å². The van der Waals surface area contributed by atoms with Crippen LogP contribution in [0.25, 0.3) is 0 Å². The molecule has 6 heteroatoms. The first-order chi connectivity index (χ1) is 10.4. The monoisotopic (exact) mass is 306 g/mol. The first-order valence-electron chi connectivity index (χ1n) is 7.41. The van der Waals surface area contributed by atoms with Crippen LogP contribution in [0.15, 0.2) is 16.4 Å². The van der Waals surface area contributed by atoms with Gasteiger partial charge in [-0.25, -0.2) is 4.99 Å². The van der Waals surface area contributed by atoms with E-state index >= 15 is 0 Å². The Balaban J connectivity index is 4.71. The Morgan fingerprint density at radius 2 is 2.00 bits per heavy atom. The van der Waals surface area contributed by atoms with E-state index in [0.29, 0.717) is 24.3 Å². The van der Waals surface area contributed by atoms with E-state index in [1.165, 1.54) is 4.90 Å². The molecule has 0 aromatic rings. The quantitative estimate of drug-likeness (QED) is 0.283. The van der Waals surface area contributed by atoms with Crippen LogP contribution in [0.2, 0.25) is 0 Å². The largest absolute Gasteiger partial charge is 0.342 e. The van der Waals surface area contributed by atoms with Crippen molar-refractivity contribution in [2.24, 2.45) is 10.9 Å². The summed E-state index contributed by atoms with van der Waals surface area (Å²) in [5.41, 5.74) is 0.431. The Bertz CT molecular complexity index is 477. The minimum Gasteiger partial charge on any atom is -0.342 e. The number of rotatable bonds is 9. The van der Waals surface area contributed by atoms with Crippen LogP contribution in [0.3, 0.4) is 0 Å². The van der Waals surface area contributed by atoms with Gasteiger partial charge in [0.25, 0.3) is 5.91 Å². The third kappa shape index (κ3) is 6.53. The molecule has 1 atom stereocenters. The fourth-order valence-corrected chi connectivity index (χ4v) is 1.97. The zero-order chi connectivity index (χ0) is 17.1. The molecule has 0 bridgehead atoms. The standard InChI is InChI=1S/C16H26N4O2/c1-6-18-15(20(5)12-21)14(3)16(22)19(4)10-8-7-9-13(2)11-17/h6,12-13H,7-10H2,1-5H3/b15-14-,18-6-. The van der Waals surface area contributed by atoms with Crippen molar-refractivity contribution in [3.05, 3.63) is 11.4 Å². The molecule has 0 aliphatic carbocycles. The number of aliphatic imine (C=N–C) groups is 1. The SMILES string of the molecule is C/C=N\C(=C(/C)C(=O)N(C)CCCCC(C)C#N)N(C)C=O. The van der Waals surface area contributed by atoms with E-state index in [-0.39, 0.29) is 11.8 Å². The zero-order valence-corrected chi connectivity index (χ0v) is 14.2. The number of hydrogen-bond acceptors (Lipinski definition) is 4. The second kappa shape index (κ2) is 10.6. The Kier molecular flexibility index (Phi) is 9.51. The number of unbranched alkanes of at least 4 members (excludes halogenated alkanes) is 1. The van der Waals surface area contributed by atoms with Gasteiger partial charge in [0.05, 0.1) is 11.6 Å². The van der Waals surface area contributed by atoms with Crippen molar-refractivity contribution >= 4 is 18.5 Å². The van der Waals surface area contributed by atoms with Crippen molar-refractivity contribution < 1.29 is 9.59 Å². The molecule has 0 aromatic heterocycles. The van der Waals surface area contributed by atoms with E-state index in [1.807, 2.05) is 6.92 Å². The maximum atomic E-state index is 12.4. The molecular formula is C16H26N4O2. The average Bonchev–Trinajstić information content (AvgIpc) is 2.53.